The first-order chi connectivity index (χ1) is 9.94. The maximum absolute atomic E-state index is 11.9. The van der Waals surface area contributed by atoms with E-state index in [1.54, 1.807) is 0 Å². The zero-order chi connectivity index (χ0) is 15.5. The van der Waals surface area contributed by atoms with Gasteiger partial charge in [-0.1, -0.05) is 13.3 Å². The molecular formula is C17H33N3O. The molecule has 0 radical (unpaired) electrons. The van der Waals surface area contributed by atoms with Gasteiger partial charge in [0, 0.05) is 12.1 Å². The number of nitrogens with one attached hydrogen (secondary N) is 1. The largest absolute Gasteiger partial charge is 0.368 e. The van der Waals surface area contributed by atoms with Gasteiger partial charge in [0.15, 0.2) is 0 Å². The predicted octanol–water partition coefficient (Wildman–Crippen LogP) is 2.27. The molecule has 0 aromatic carbocycles. The summed E-state index contributed by atoms with van der Waals surface area (Å²) in [4.78, 5) is 14.5. The van der Waals surface area contributed by atoms with Crippen LogP contribution in [0.25, 0.3) is 0 Å². The number of nitrogens with zero attached hydrogens (tertiary/aromatic N) is 1. The van der Waals surface area contributed by atoms with Gasteiger partial charge in [-0.25, -0.2) is 0 Å². The maximum atomic E-state index is 11.9. The van der Waals surface area contributed by atoms with Gasteiger partial charge in [-0.05, 0) is 71.4 Å². The number of carbonyl (C=O) groups excluding carboxylic acids is 1. The highest BCUT2D eigenvalue weighted by molar-refractivity contribution is 5.84. The Balaban J connectivity index is 1.91. The highest BCUT2D eigenvalue weighted by atomic mass is 16.1. The summed E-state index contributed by atoms with van der Waals surface area (Å²) in [5, 5.41) is 3.47. The zero-order valence-corrected chi connectivity index (χ0v) is 14.0. The van der Waals surface area contributed by atoms with E-state index in [1.807, 2.05) is 6.92 Å². The number of amides is 1. The SMILES string of the molecule is CCC1CCCN(C(C)CC(C)(NC2CC2)C(N)=O)CC1. The van der Waals surface area contributed by atoms with Gasteiger partial charge < -0.3 is 16.0 Å². The molecule has 3 N–H and O–H groups in total. The van der Waals surface area contributed by atoms with Gasteiger partial charge in [-0.15, -0.1) is 0 Å². The number of primary amides is 1. The molecule has 4 nitrogen and oxygen atoms in total. The van der Waals surface area contributed by atoms with Crippen LogP contribution in [0.2, 0.25) is 0 Å². The van der Waals surface area contributed by atoms with Gasteiger partial charge in [0.1, 0.15) is 0 Å². The van der Waals surface area contributed by atoms with Crippen molar-refractivity contribution in [2.75, 3.05) is 13.1 Å². The van der Waals surface area contributed by atoms with Crippen molar-refractivity contribution < 1.29 is 4.79 Å². The molecule has 3 unspecified atom stereocenters. The van der Waals surface area contributed by atoms with Crippen molar-refractivity contribution in [2.24, 2.45) is 11.7 Å². The fourth-order valence-electron chi connectivity index (χ4n) is 3.67. The van der Waals surface area contributed by atoms with Crippen molar-refractivity contribution in [3.05, 3.63) is 0 Å². The van der Waals surface area contributed by atoms with Crippen LogP contribution in [0.1, 0.15) is 65.7 Å². The van der Waals surface area contributed by atoms with E-state index in [0.717, 1.165) is 25.4 Å². The Hall–Kier alpha value is -0.610. The van der Waals surface area contributed by atoms with Crippen molar-refractivity contribution in [1.82, 2.24) is 10.2 Å². The highest BCUT2D eigenvalue weighted by Gasteiger charge is 2.39. The number of nitrogens with two attached hydrogens (primary N) is 1. The highest BCUT2D eigenvalue weighted by Crippen LogP contribution is 2.27. The average molecular weight is 295 g/mol. The van der Waals surface area contributed by atoms with Gasteiger partial charge >= 0.3 is 0 Å². The van der Waals surface area contributed by atoms with Crippen molar-refractivity contribution in [3.8, 4) is 0 Å². The average Bonchev–Trinajstić information content (AvgIpc) is 3.24. The number of hydrogen-bond donors (Lipinski definition) is 2. The molecule has 2 rings (SSSR count). The van der Waals surface area contributed by atoms with E-state index in [4.69, 9.17) is 5.73 Å². The van der Waals surface area contributed by atoms with E-state index in [1.165, 1.54) is 38.5 Å². The summed E-state index contributed by atoms with van der Waals surface area (Å²) in [7, 11) is 0. The van der Waals surface area contributed by atoms with Crippen LogP contribution >= 0.6 is 0 Å². The second-order valence-corrected chi connectivity index (χ2v) is 7.41. The maximum Gasteiger partial charge on any atom is 0.237 e. The Morgan fingerprint density at radius 1 is 1.33 bits per heavy atom. The first-order valence-electron chi connectivity index (χ1n) is 8.76. The van der Waals surface area contributed by atoms with Gasteiger partial charge in [0.05, 0.1) is 5.54 Å². The third kappa shape index (κ3) is 4.68. The van der Waals surface area contributed by atoms with E-state index < -0.39 is 5.54 Å². The number of rotatable bonds is 7. The fraction of sp³-hybridized carbons (Fsp3) is 0.941. The summed E-state index contributed by atoms with van der Waals surface area (Å²) in [6.45, 7) is 8.86. The summed E-state index contributed by atoms with van der Waals surface area (Å²) in [6.07, 6.45) is 8.40. The molecule has 3 atom stereocenters. The van der Waals surface area contributed by atoms with Crippen LogP contribution in [0, 0.1) is 5.92 Å². The smallest absolute Gasteiger partial charge is 0.237 e. The standard InChI is InChI=1S/C17H33N3O/c1-4-14-6-5-10-20(11-9-14)13(2)12-17(3,16(18)21)19-15-7-8-15/h13-15,19H,4-12H2,1-3H3,(H2,18,21). The van der Waals surface area contributed by atoms with Gasteiger partial charge in [-0.3, -0.25) is 4.79 Å². The predicted molar refractivity (Wildman–Crippen MR) is 87.0 cm³/mol. The van der Waals surface area contributed by atoms with E-state index >= 15 is 0 Å². The van der Waals surface area contributed by atoms with Gasteiger partial charge in [0.2, 0.25) is 5.91 Å². The molecule has 1 aliphatic heterocycles. The third-order valence-corrected chi connectivity index (χ3v) is 5.43. The molecule has 2 aliphatic rings. The molecular weight excluding hydrogens is 262 g/mol. The van der Waals surface area contributed by atoms with Crippen molar-refractivity contribution in [2.45, 2.75) is 83.3 Å². The van der Waals surface area contributed by atoms with Crippen LogP contribution in [0.5, 0.6) is 0 Å². The Morgan fingerprint density at radius 2 is 2.05 bits per heavy atom. The second-order valence-electron chi connectivity index (χ2n) is 7.41. The van der Waals surface area contributed by atoms with Crippen LogP contribution < -0.4 is 11.1 Å². The van der Waals surface area contributed by atoms with Crippen LogP contribution in [0.4, 0.5) is 0 Å². The molecule has 122 valence electrons. The van der Waals surface area contributed by atoms with E-state index in [2.05, 4.69) is 24.1 Å². The quantitative estimate of drug-likeness (QED) is 0.757. The Kier molecular flexibility index (Phi) is 5.67. The minimum Gasteiger partial charge on any atom is -0.368 e. The summed E-state index contributed by atoms with van der Waals surface area (Å²) in [5.74, 6) is 0.678. The molecule has 2 fully saturated rings. The summed E-state index contributed by atoms with van der Waals surface area (Å²) < 4.78 is 0. The molecule has 4 heteroatoms. The normalized spacial score (nSPS) is 28.6. The van der Waals surface area contributed by atoms with Crippen LogP contribution in [0.15, 0.2) is 0 Å². The molecule has 0 bridgehead atoms. The molecule has 1 saturated heterocycles. The Bertz CT molecular complexity index is 356. The molecule has 0 aromatic heterocycles. The van der Waals surface area contributed by atoms with E-state index in [-0.39, 0.29) is 5.91 Å². The lowest BCUT2D eigenvalue weighted by atomic mass is 9.91. The lowest BCUT2D eigenvalue weighted by molar-refractivity contribution is -0.124. The summed E-state index contributed by atoms with van der Waals surface area (Å²) in [6, 6.07) is 0.910. The van der Waals surface area contributed by atoms with Crippen molar-refractivity contribution in [1.29, 1.82) is 0 Å². The molecule has 0 aromatic rings. The molecule has 1 saturated carbocycles. The summed E-state index contributed by atoms with van der Waals surface area (Å²) in [5.41, 5.74) is 5.12. The number of likely N-dealkylation sites (tertiary alicyclic amines) is 1. The van der Waals surface area contributed by atoms with Crippen LogP contribution in [0.3, 0.4) is 0 Å². The molecule has 1 heterocycles. The lowest BCUT2D eigenvalue weighted by Crippen LogP contribution is -2.57. The second kappa shape index (κ2) is 7.10. The van der Waals surface area contributed by atoms with Crippen molar-refractivity contribution >= 4 is 5.91 Å². The van der Waals surface area contributed by atoms with E-state index in [9.17, 15) is 4.79 Å². The minimum atomic E-state index is -0.558. The van der Waals surface area contributed by atoms with Crippen LogP contribution in [-0.4, -0.2) is 41.5 Å². The van der Waals surface area contributed by atoms with Crippen molar-refractivity contribution in [3.63, 3.8) is 0 Å². The topological polar surface area (TPSA) is 58.4 Å². The molecule has 1 aliphatic carbocycles. The summed E-state index contributed by atoms with van der Waals surface area (Å²) >= 11 is 0. The first-order valence-corrected chi connectivity index (χ1v) is 8.76. The Labute approximate surface area is 129 Å². The first kappa shape index (κ1) is 16.8. The zero-order valence-electron chi connectivity index (χ0n) is 14.0. The fourth-order valence-corrected chi connectivity index (χ4v) is 3.67. The lowest BCUT2D eigenvalue weighted by Gasteiger charge is -2.35. The molecule has 1 amide bonds. The minimum absolute atomic E-state index is 0.206. The third-order valence-electron chi connectivity index (χ3n) is 5.43. The molecule has 21 heavy (non-hydrogen) atoms. The molecule has 0 spiro atoms. The monoisotopic (exact) mass is 295 g/mol. The number of hydrogen-bond acceptors (Lipinski definition) is 3. The van der Waals surface area contributed by atoms with E-state index in [0.29, 0.717) is 12.1 Å². The van der Waals surface area contributed by atoms with Gasteiger partial charge in [-0.2, -0.15) is 0 Å². The Morgan fingerprint density at radius 3 is 2.62 bits per heavy atom. The number of carbonyl (C=O) groups is 1. The van der Waals surface area contributed by atoms with Gasteiger partial charge in [0.25, 0.3) is 0 Å². The van der Waals surface area contributed by atoms with Crippen LogP contribution in [-0.2, 0) is 4.79 Å².